The molecule has 0 saturated heterocycles. The SMILES string of the molecule is CC(C)C[C@H](N[C@@H](c1ccc(Br)cc1)c1cc(Br)cs1)C(=O)NC1(C#N)CC1. The molecule has 4 nitrogen and oxygen atoms in total. The summed E-state index contributed by atoms with van der Waals surface area (Å²) in [5, 5.41) is 17.9. The number of carbonyl (C=O) groups is 1. The fourth-order valence-electron chi connectivity index (χ4n) is 3.11. The smallest absolute Gasteiger partial charge is 0.238 e. The van der Waals surface area contributed by atoms with E-state index in [1.165, 1.54) is 0 Å². The predicted molar refractivity (Wildman–Crippen MR) is 120 cm³/mol. The molecule has 28 heavy (non-hydrogen) atoms. The van der Waals surface area contributed by atoms with E-state index in [0.717, 1.165) is 32.2 Å². The summed E-state index contributed by atoms with van der Waals surface area (Å²) in [4.78, 5) is 14.1. The van der Waals surface area contributed by atoms with Crippen molar-refractivity contribution in [2.45, 2.75) is 50.7 Å². The number of benzene rings is 1. The van der Waals surface area contributed by atoms with Crippen LogP contribution in [0.4, 0.5) is 0 Å². The molecule has 1 aromatic heterocycles. The van der Waals surface area contributed by atoms with Gasteiger partial charge in [0.15, 0.2) is 0 Å². The lowest BCUT2D eigenvalue weighted by atomic mass is 9.98. The van der Waals surface area contributed by atoms with E-state index in [4.69, 9.17) is 0 Å². The molecule has 7 heteroatoms. The van der Waals surface area contributed by atoms with Gasteiger partial charge >= 0.3 is 0 Å². The van der Waals surface area contributed by atoms with Crippen LogP contribution >= 0.6 is 43.2 Å². The second kappa shape index (κ2) is 9.08. The molecule has 1 aromatic carbocycles. The van der Waals surface area contributed by atoms with Crippen LogP contribution in [0.5, 0.6) is 0 Å². The number of nitrogens with zero attached hydrogens (tertiary/aromatic N) is 1. The van der Waals surface area contributed by atoms with E-state index in [1.54, 1.807) is 11.3 Å². The van der Waals surface area contributed by atoms with E-state index in [0.29, 0.717) is 12.3 Å². The number of hydrogen-bond acceptors (Lipinski definition) is 4. The summed E-state index contributed by atoms with van der Waals surface area (Å²) in [6.45, 7) is 4.21. The molecule has 1 heterocycles. The third kappa shape index (κ3) is 5.44. The van der Waals surface area contributed by atoms with E-state index in [1.807, 2.05) is 12.1 Å². The van der Waals surface area contributed by atoms with Gasteiger partial charge in [0, 0.05) is 19.2 Å². The number of halogens is 2. The van der Waals surface area contributed by atoms with E-state index >= 15 is 0 Å². The van der Waals surface area contributed by atoms with Crippen molar-refractivity contribution in [2.75, 3.05) is 0 Å². The van der Waals surface area contributed by atoms with Gasteiger partial charge in [0.05, 0.1) is 18.2 Å². The number of hydrogen-bond donors (Lipinski definition) is 2. The largest absolute Gasteiger partial charge is 0.336 e. The Bertz CT molecular complexity index is 869. The molecule has 0 radical (unpaired) electrons. The Balaban J connectivity index is 1.87. The Hall–Kier alpha value is -1.20. The first-order valence-corrected chi connectivity index (χ1v) is 11.8. The van der Waals surface area contributed by atoms with Crippen molar-refractivity contribution in [2.24, 2.45) is 5.92 Å². The summed E-state index contributed by atoms with van der Waals surface area (Å²) in [5.74, 6) is 0.256. The minimum Gasteiger partial charge on any atom is -0.336 e. The zero-order valence-corrected chi connectivity index (χ0v) is 19.8. The topological polar surface area (TPSA) is 64.9 Å². The van der Waals surface area contributed by atoms with E-state index in [9.17, 15) is 10.1 Å². The van der Waals surface area contributed by atoms with Crippen molar-refractivity contribution < 1.29 is 4.79 Å². The molecule has 1 aliphatic carbocycles. The first-order valence-electron chi connectivity index (χ1n) is 9.30. The van der Waals surface area contributed by atoms with Crippen LogP contribution < -0.4 is 10.6 Å². The number of thiophene rings is 1. The zero-order chi connectivity index (χ0) is 20.3. The zero-order valence-electron chi connectivity index (χ0n) is 15.8. The Labute approximate surface area is 187 Å². The van der Waals surface area contributed by atoms with Gasteiger partial charge in [-0.1, -0.05) is 41.9 Å². The summed E-state index contributed by atoms with van der Waals surface area (Å²) in [5.41, 5.74) is 0.438. The molecule has 1 fully saturated rings. The first-order chi connectivity index (χ1) is 13.3. The fourth-order valence-corrected chi connectivity index (χ4v) is 4.91. The number of nitrogens with one attached hydrogen (secondary N) is 2. The minimum absolute atomic E-state index is 0.0921. The Morgan fingerprint density at radius 3 is 2.43 bits per heavy atom. The second-order valence-corrected chi connectivity index (χ2v) is 10.5. The summed E-state index contributed by atoms with van der Waals surface area (Å²) < 4.78 is 2.05. The molecule has 1 amide bonds. The Kier molecular flexibility index (Phi) is 6.98. The second-order valence-electron chi connectivity index (χ2n) is 7.68. The van der Waals surface area contributed by atoms with Crippen molar-refractivity contribution >= 4 is 49.1 Å². The average Bonchev–Trinajstić information content (AvgIpc) is 3.30. The molecule has 0 bridgehead atoms. The maximum atomic E-state index is 13.0. The molecule has 148 valence electrons. The lowest BCUT2D eigenvalue weighted by Gasteiger charge is -2.27. The highest BCUT2D eigenvalue weighted by Crippen LogP contribution is 2.35. The molecular weight excluding hydrogens is 502 g/mol. The quantitative estimate of drug-likeness (QED) is 0.476. The van der Waals surface area contributed by atoms with Crippen molar-refractivity contribution in [1.29, 1.82) is 5.26 Å². The molecular formula is C21H23Br2N3OS. The van der Waals surface area contributed by atoms with Gasteiger partial charge in [0.1, 0.15) is 5.54 Å². The van der Waals surface area contributed by atoms with Crippen LogP contribution in [0.2, 0.25) is 0 Å². The highest BCUT2D eigenvalue weighted by atomic mass is 79.9. The Morgan fingerprint density at radius 2 is 1.93 bits per heavy atom. The van der Waals surface area contributed by atoms with E-state index in [-0.39, 0.29) is 18.0 Å². The van der Waals surface area contributed by atoms with Crippen LogP contribution in [-0.2, 0) is 4.79 Å². The lowest BCUT2D eigenvalue weighted by Crippen LogP contribution is -2.50. The van der Waals surface area contributed by atoms with E-state index in [2.05, 4.69) is 86.0 Å². The molecule has 0 unspecified atom stereocenters. The number of nitriles is 1. The van der Waals surface area contributed by atoms with Crippen LogP contribution in [0.15, 0.2) is 44.7 Å². The minimum atomic E-state index is -0.660. The van der Waals surface area contributed by atoms with Gasteiger partial charge < -0.3 is 5.32 Å². The van der Waals surface area contributed by atoms with Crippen LogP contribution in [0.25, 0.3) is 0 Å². The number of rotatable bonds is 8. The maximum Gasteiger partial charge on any atom is 0.238 e. The summed E-state index contributed by atoms with van der Waals surface area (Å²) >= 11 is 8.68. The van der Waals surface area contributed by atoms with Crippen LogP contribution in [0.1, 0.15) is 49.6 Å². The normalized spacial score (nSPS) is 17.0. The van der Waals surface area contributed by atoms with Gasteiger partial charge in [-0.15, -0.1) is 11.3 Å². The summed E-state index contributed by atoms with van der Waals surface area (Å²) in [6.07, 6.45) is 2.17. The molecule has 2 atom stereocenters. The molecule has 1 saturated carbocycles. The van der Waals surface area contributed by atoms with Gasteiger partial charge in [-0.2, -0.15) is 5.26 Å². The standard InChI is InChI=1S/C21H23Br2N3OS/c1-13(2)9-17(20(27)26-21(12-24)7-8-21)25-19(18-10-16(23)11-28-18)14-3-5-15(22)6-4-14/h3-6,10-11,13,17,19,25H,7-9H2,1-2H3,(H,26,27)/t17-,19-/m0/s1. The molecule has 2 N–H and O–H groups in total. The third-order valence-corrected chi connectivity index (χ3v) is 7.08. The highest BCUT2D eigenvalue weighted by molar-refractivity contribution is 9.10. The van der Waals surface area contributed by atoms with Gasteiger partial charge in [0.2, 0.25) is 5.91 Å². The highest BCUT2D eigenvalue weighted by Gasteiger charge is 2.45. The van der Waals surface area contributed by atoms with Crippen LogP contribution in [0.3, 0.4) is 0 Å². The predicted octanol–water partition coefficient (Wildman–Crippen LogP) is 5.54. The average molecular weight is 525 g/mol. The van der Waals surface area contributed by atoms with Crippen molar-refractivity contribution in [1.82, 2.24) is 10.6 Å². The summed E-state index contributed by atoms with van der Waals surface area (Å²) in [6, 6.07) is 12.0. The molecule has 0 spiro atoms. The van der Waals surface area contributed by atoms with Crippen LogP contribution in [0, 0.1) is 17.2 Å². The molecule has 0 aliphatic heterocycles. The molecule has 2 aromatic rings. The lowest BCUT2D eigenvalue weighted by molar-refractivity contribution is -0.124. The molecule has 3 rings (SSSR count). The van der Waals surface area contributed by atoms with E-state index < -0.39 is 5.54 Å². The first kappa shape index (κ1) is 21.5. The maximum absolute atomic E-state index is 13.0. The number of amides is 1. The van der Waals surface area contributed by atoms with Gasteiger partial charge in [0.25, 0.3) is 0 Å². The third-order valence-electron chi connectivity index (χ3n) is 4.79. The number of carbonyl (C=O) groups excluding carboxylic acids is 1. The fraction of sp³-hybridized carbons (Fsp3) is 0.429. The van der Waals surface area contributed by atoms with Crippen LogP contribution in [-0.4, -0.2) is 17.5 Å². The monoisotopic (exact) mass is 523 g/mol. The van der Waals surface area contributed by atoms with Crippen molar-refractivity contribution in [3.8, 4) is 6.07 Å². The van der Waals surface area contributed by atoms with Gasteiger partial charge in [-0.25, -0.2) is 0 Å². The van der Waals surface area contributed by atoms with Crippen molar-refractivity contribution in [3.63, 3.8) is 0 Å². The summed E-state index contributed by atoms with van der Waals surface area (Å²) in [7, 11) is 0. The van der Waals surface area contributed by atoms with Gasteiger partial charge in [-0.05, 0) is 64.9 Å². The van der Waals surface area contributed by atoms with Gasteiger partial charge in [-0.3, -0.25) is 10.1 Å². The van der Waals surface area contributed by atoms with Crippen molar-refractivity contribution in [3.05, 3.63) is 55.1 Å². The molecule has 1 aliphatic rings. The Morgan fingerprint density at radius 1 is 1.25 bits per heavy atom.